The van der Waals surface area contributed by atoms with Crippen LogP contribution in [0.5, 0.6) is 5.88 Å². The summed E-state index contributed by atoms with van der Waals surface area (Å²) in [5.41, 5.74) is 9.28. The van der Waals surface area contributed by atoms with Crippen molar-refractivity contribution in [1.29, 1.82) is 0 Å². The molecule has 0 unspecified atom stereocenters. The Morgan fingerprint density at radius 1 is 1.07 bits per heavy atom. The summed E-state index contributed by atoms with van der Waals surface area (Å²) in [6.45, 7) is 1.54. The van der Waals surface area contributed by atoms with E-state index >= 15 is 0 Å². The summed E-state index contributed by atoms with van der Waals surface area (Å²) >= 11 is 0. The number of aromatic nitrogens is 3. The lowest BCUT2D eigenvalue weighted by Gasteiger charge is -2.20. The number of carbonyl (C=O) groups excluding carboxylic acids is 1. The molecule has 0 fully saturated rings. The molecular weight excluding hydrogens is 366 g/mol. The smallest absolute Gasteiger partial charge is 0.267 e. The highest BCUT2D eigenvalue weighted by molar-refractivity contribution is 6.11. The average Bonchev–Trinajstić information content (AvgIpc) is 3.04. The first-order valence-corrected chi connectivity index (χ1v) is 9.38. The van der Waals surface area contributed by atoms with E-state index in [1.807, 2.05) is 36.4 Å². The van der Waals surface area contributed by atoms with Crippen molar-refractivity contribution in [3.05, 3.63) is 78.2 Å². The first-order valence-electron chi connectivity index (χ1n) is 9.38. The minimum absolute atomic E-state index is 0.127. The maximum Gasteiger partial charge on any atom is 0.267 e. The van der Waals surface area contributed by atoms with Gasteiger partial charge in [-0.05, 0) is 29.8 Å². The Balaban J connectivity index is 1.49. The molecule has 144 valence electrons. The summed E-state index contributed by atoms with van der Waals surface area (Å²) in [6, 6.07) is 18.4. The molecule has 4 aromatic rings. The third kappa shape index (κ3) is 3.06. The first kappa shape index (κ1) is 17.2. The molecule has 0 saturated carbocycles. The van der Waals surface area contributed by atoms with E-state index < -0.39 is 0 Å². The van der Waals surface area contributed by atoms with Gasteiger partial charge in [-0.1, -0.05) is 30.3 Å². The summed E-state index contributed by atoms with van der Waals surface area (Å²) in [4.78, 5) is 22.8. The number of nitrogens with two attached hydrogens (primary N) is 1. The molecule has 2 aromatic heterocycles. The van der Waals surface area contributed by atoms with Gasteiger partial charge >= 0.3 is 0 Å². The van der Waals surface area contributed by atoms with E-state index in [-0.39, 0.29) is 23.2 Å². The highest BCUT2D eigenvalue weighted by Gasteiger charge is 2.28. The molecule has 0 bridgehead atoms. The normalized spacial score (nSPS) is 13.8. The second-order valence-electron chi connectivity index (χ2n) is 6.92. The molecule has 29 heavy (non-hydrogen) atoms. The van der Waals surface area contributed by atoms with Crippen LogP contribution in [-0.2, 0) is 6.54 Å². The van der Waals surface area contributed by atoms with Crippen LogP contribution in [-0.4, -0.2) is 33.6 Å². The number of amides is 1. The van der Waals surface area contributed by atoms with E-state index in [0.29, 0.717) is 13.2 Å². The van der Waals surface area contributed by atoms with Crippen LogP contribution in [0.1, 0.15) is 15.9 Å². The Morgan fingerprint density at radius 3 is 2.79 bits per heavy atom. The first-order chi connectivity index (χ1) is 14.2. The van der Waals surface area contributed by atoms with Gasteiger partial charge in [-0.25, -0.2) is 9.97 Å². The van der Waals surface area contributed by atoms with Crippen molar-refractivity contribution in [2.24, 2.45) is 0 Å². The monoisotopic (exact) mass is 385 g/mol. The zero-order valence-electron chi connectivity index (χ0n) is 15.7. The molecule has 0 spiro atoms. The number of hydrogen-bond acceptors (Lipinski definition) is 5. The highest BCUT2D eigenvalue weighted by atomic mass is 16.5. The van der Waals surface area contributed by atoms with Crippen molar-refractivity contribution in [2.45, 2.75) is 6.54 Å². The van der Waals surface area contributed by atoms with Gasteiger partial charge in [-0.2, -0.15) is 0 Å². The van der Waals surface area contributed by atoms with Crippen molar-refractivity contribution in [3.63, 3.8) is 0 Å². The van der Waals surface area contributed by atoms with Crippen LogP contribution in [0.2, 0.25) is 0 Å². The second kappa shape index (κ2) is 6.94. The Morgan fingerprint density at radius 2 is 1.93 bits per heavy atom. The molecule has 2 N–H and O–H groups in total. The largest absolute Gasteiger partial charge is 0.475 e. The summed E-state index contributed by atoms with van der Waals surface area (Å²) in [6.07, 6.45) is 3.37. The van der Waals surface area contributed by atoms with Crippen LogP contribution in [0.25, 0.3) is 10.9 Å². The standard InChI is InChI=1S/C22H19N5O2/c23-20-19-21(25-14-24-20)29-11-10-27(22(19)28)17-6-7-18-16(12-17)8-9-26(18)13-15-4-2-1-3-5-15/h1-9,12,14H,10-11,13H2,(H2,23,24,25). The Kier molecular flexibility index (Phi) is 4.13. The fourth-order valence-corrected chi connectivity index (χ4v) is 3.68. The van der Waals surface area contributed by atoms with Gasteiger partial charge in [0.05, 0.1) is 6.54 Å². The summed E-state index contributed by atoms with van der Waals surface area (Å²) < 4.78 is 7.81. The van der Waals surface area contributed by atoms with E-state index in [1.54, 1.807) is 4.90 Å². The van der Waals surface area contributed by atoms with E-state index in [9.17, 15) is 4.79 Å². The topological polar surface area (TPSA) is 86.3 Å². The number of ether oxygens (including phenoxy) is 1. The van der Waals surface area contributed by atoms with E-state index in [1.165, 1.54) is 11.9 Å². The lowest BCUT2D eigenvalue weighted by Crippen LogP contribution is -2.32. The van der Waals surface area contributed by atoms with Gasteiger partial charge in [0.1, 0.15) is 24.3 Å². The molecule has 3 heterocycles. The quantitative estimate of drug-likeness (QED) is 0.586. The van der Waals surface area contributed by atoms with Crippen molar-refractivity contribution < 1.29 is 9.53 Å². The number of anilines is 2. The van der Waals surface area contributed by atoms with Gasteiger partial charge in [0.15, 0.2) is 0 Å². The molecule has 2 aromatic carbocycles. The number of nitrogen functional groups attached to an aromatic ring is 1. The van der Waals surface area contributed by atoms with Crippen LogP contribution >= 0.6 is 0 Å². The number of hydrogen-bond donors (Lipinski definition) is 1. The Labute approximate surface area is 167 Å². The van der Waals surface area contributed by atoms with Crippen LogP contribution in [0, 0.1) is 0 Å². The van der Waals surface area contributed by atoms with Crippen molar-refractivity contribution in [2.75, 3.05) is 23.8 Å². The molecular formula is C22H19N5O2. The van der Waals surface area contributed by atoms with Crippen LogP contribution in [0.15, 0.2) is 67.1 Å². The van der Waals surface area contributed by atoms with Crippen molar-refractivity contribution in [3.8, 4) is 5.88 Å². The molecule has 7 nitrogen and oxygen atoms in total. The van der Waals surface area contributed by atoms with Crippen LogP contribution in [0.3, 0.4) is 0 Å². The zero-order valence-corrected chi connectivity index (χ0v) is 15.7. The van der Waals surface area contributed by atoms with Crippen molar-refractivity contribution >= 4 is 28.3 Å². The summed E-state index contributed by atoms with van der Waals surface area (Å²) in [5, 5.41) is 1.06. The zero-order chi connectivity index (χ0) is 19.8. The highest BCUT2D eigenvalue weighted by Crippen LogP contribution is 2.29. The van der Waals surface area contributed by atoms with Gasteiger partial charge in [-0.15, -0.1) is 0 Å². The fraction of sp³-hybridized carbons (Fsp3) is 0.136. The predicted octanol–water partition coefficient (Wildman–Crippen LogP) is 3.10. The van der Waals surface area contributed by atoms with Gasteiger partial charge < -0.3 is 19.9 Å². The molecule has 7 heteroatoms. The number of nitrogens with zero attached hydrogens (tertiary/aromatic N) is 4. The minimum Gasteiger partial charge on any atom is -0.475 e. The Hall–Kier alpha value is -3.87. The molecule has 0 radical (unpaired) electrons. The van der Waals surface area contributed by atoms with Crippen molar-refractivity contribution in [1.82, 2.24) is 14.5 Å². The minimum atomic E-state index is -0.251. The average molecular weight is 385 g/mol. The maximum atomic E-state index is 13.1. The Bertz CT molecular complexity index is 1200. The molecule has 0 aliphatic carbocycles. The van der Waals surface area contributed by atoms with E-state index in [0.717, 1.165) is 23.1 Å². The molecule has 1 amide bonds. The molecule has 5 rings (SSSR count). The van der Waals surface area contributed by atoms with E-state index in [4.69, 9.17) is 10.5 Å². The SMILES string of the molecule is Nc1ncnc2c1C(=O)N(c1ccc3c(ccn3Cc3ccccc3)c1)CCO2. The summed E-state index contributed by atoms with van der Waals surface area (Å²) in [5.74, 6) is 0.112. The third-order valence-corrected chi connectivity index (χ3v) is 5.12. The predicted molar refractivity (Wildman–Crippen MR) is 111 cm³/mol. The second-order valence-corrected chi connectivity index (χ2v) is 6.92. The van der Waals surface area contributed by atoms with Crippen LogP contribution < -0.4 is 15.4 Å². The number of rotatable bonds is 3. The molecule has 1 aliphatic heterocycles. The summed E-state index contributed by atoms with van der Waals surface area (Å²) in [7, 11) is 0. The maximum absolute atomic E-state index is 13.1. The lowest BCUT2D eigenvalue weighted by molar-refractivity contribution is 0.0990. The molecule has 1 aliphatic rings. The van der Waals surface area contributed by atoms with Gasteiger partial charge in [0, 0.05) is 29.3 Å². The third-order valence-electron chi connectivity index (χ3n) is 5.12. The van der Waals surface area contributed by atoms with Gasteiger partial charge in [0.25, 0.3) is 5.91 Å². The van der Waals surface area contributed by atoms with Gasteiger partial charge in [-0.3, -0.25) is 4.79 Å². The molecule has 0 saturated heterocycles. The lowest BCUT2D eigenvalue weighted by atomic mass is 10.2. The van der Waals surface area contributed by atoms with E-state index in [2.05, 4.69) is 38.9 Å². The fourth-order valence-electron chi connectivity index (χ4n) is 3.68. The number of fused-ring (bicyclic) bond motifs is 2. The number of carbonyl (C=O) groups is 1. The number of benzene rings is 2. The van der Waals surface area contributed by atoms with Crippen LogP contribution in [0.4, 0.5) is 11.5 Å². The van der Waals surface area contributed by atoms with Gasteiger partial charge in [0.2, 0.25) is 5.88 Å². The molecule has 0 atom stereocenters.